The third-order valence-corrected chi connectivity index (χ3v) is 2.19. The highest BCUT2D eigenvalue weighted by atomic mass is 35.5. The van der Waals surface area contributed by atoms with Crippen LogP contribution in [0.25, 0.3) is 0 Å². The molecule has 0 aliphatic carbocycles. The van der Waals surface area contributed by atoms with Gasteiger partial charge in [-0.15, -0.1) is 0 Å². The van der Waals surface area contributed by atoms with Crippen LogP contribution in [-0.4, -0.2) is 30.2 Å². The van der Waals surface area contributed by atoms with Crippen LogP contribution in [0, 0.1) is 0 Å². The number of amides is 1. The van der Waals surface area contributed by atoms with Crippen LogP contribution in [-0.2, 0) is 0 Å². The molecule has 2 N–H and O–H groups in total. The molecule has 0 aliphatic rings. The maximum atomic E-state index is 11.9. The summed E-state index contributed by atoms with van der Waals surface area (Å²) in [5.74, 6) is -0.490. The van der Waals surface area contributed by atoms with Gasteiger partial charge in [0.2, 0.25) is 0 Å². The zero-order chi connectivity index (χ0) is 13.8. The molecule has 0 aromatic carbocycles. The Kier molecular flexibility index (Phi) is 4.77. The Morgan fingerprint density at radius 2 is 2.17 bits per heavy atom. The molecule has 1 amide bonds. The Labute approximate surface area is 107 Å². The Bertz CT molecular complexity index is 437. The Balaban J connectivity index is 2.72. The largest absolute Gasteiger partial charge is 0.405 e. The molecule has 1 rings (SSSR count). The van der Waals surface area contributed by atoms with E-state index in [1.54, 1.807) is 5.32 Å². The smallest absolute Gasteiger partial charge is 0.369 e. The number of pyridine rings is 1. The maximum Gasteiger partial charge on any atom is 0.405 e. The minimum Gasteiger partial charge on any atom is -0.369 e. The second kappa shape index (κ2) is 5.90. The van der Waals surface area contributed by atoms with Gasteiger partial charge in [-0.3, -0.25) is 4.79 Å². The van der Waals surface area contributed by atoms with E-state index >= 15 is 0 Å². The Morgan fingerprint density at radius 3 is 2.67 bits per heavy atom. The van der Waals surface area contributed by atoms with Crippen LogP contribution < -0.4 is 10.6 Å². The molecule has 0 saturated heterocycles. The van der Waals surface area contributed by atoms with Crippen molar-refractivity contribution in [3.63, 3.8) is 0 Å². The molecule has 0 radical (unpaired) electrons. The van der Waals surface area contributed by atoms with Crippen molar-refractivity contribution in [2.45, 2.75) is 13.1 Å². The van der Waals surface area contributed by atoms with E-state index in [9.17, 15) is 18.0 Å². The van der Waals surface area contributed by atoms with E-state index in [4.69, 9.17) is 11.6 Å². The van der Waals surface area contributed by atoms with Crippen LogP contribution >= 0.6 is 11.6 Å². The summed E-state index contributed by atoms with van der Waals surface area (Å²) in [7, 11) is 0. The fraction of sp³-hybridized carbons (Fsp3) is 0.400. The normalized spacial score (nSPS) is 11.2. The number of hydrogen-bond donors (Lipinski definition) is 2. The highest BCUT2D eigenvalue weighted by Gasteiger charge is 2.28. The van der Waals surface area contributed by atoms with E-state index in [0.29, 0.717) is 12.4 Å². The summed E-state index contributed by atoms with van der Waals surface area (Å²) in [6.07, 6.45) is -3.29. The van der Waals surface area contributed by atoms with Crippen molar-refractivity contribution in [3.8, 4) is 0 Å². The number of anilines is 1. The van der Waals surface area contributed by atoms with E-state index in [-0.39, 0.29) is 10.6 Å². The van der Waals surface area contributed by atoms with E-state index in [1.165, 1.54) is 6.07 Å². The molecule has 4 nitrogen and oxygen atoms in total. The summed E-state index contributed by atoms with van der Waals surface area (Å²) >= 11 is 5.82. The zero-order valence-corrected chi connectivity index (χ0v) is 10.2. The summed E-state index contributed by atoms with van der Waals surface area (Å²) in [5, 5.41) is 4.76. The number of aromatic nitrogens is 1. The van der Waals surface area contributed by atoms with Crippen molar-refractivity contribution in [2.24, 2.45) is 0 Å². The number of carbonyl (C=O) groups is 1. The average molecular weight is 282 g/mol. The van der Waals surface area contributed by atoms with Gasteiger partial charge in [-0.05, 0) is 13.0 Å². The third kappa shape index (κ3) is 4.40. The topological polar surface area (TPSA) is 54.0 Å². The van der Waals surface area contributed by atoms with Gasteiger partial charge >= 0.3 is 6.18 Å². The van der Waals surface area contributed by atoms with Gasteiger partial charge in [-0.1, -0.05) is 11.6 Å². The zero-order valence-electron chi connectivity index (χ0n) is 9.44. The first-order valence-corrected chi connectivity index (χ1v) is 5.45. The van der Waals surface area contributed by atoms with Crippen LogP contribution in [0.1, 0.15) is 17.3 Å². The minimum atomic E-state index is -4.45. The second-order valence-electron chi connectivity index (χ2n) is 3.38. The minimum absolute atomic E-state index is 0.0223. The van der Waals surface area contributed by atoms with Crippen molar-refractivity contribution >= 4 is 23.3 Å². The van der Waals surface area contributed by atoms with Gasteiger partial charge in [0.25, 0.3) is 5.91 Å². The van der Waals surface area contributed by atoms with Gasteiger partial charge in [0, 0.05) is 12.7 Å². The van der Waals surface area contributed by atoms with Crippen molar-refractivity contribution in [1.29, 1.82) is 0 Å². The van der Waals surface area contributed by atoms with Crippen LogP contribution in [0.15, 0.2) is 12.3 Å². The van der Waals surface area contributed by atoms with Crippen LogP contribution in [0.4, 0.5) is 19.0 Å². The molecule has 0 fully saturated rings. The number of alkyl halides is 3. The second-order valence-corrected chi connectivity index (χ2v) is 3.79. The molecule has 1 aromatic rings. The lowest BCUT2D eigenvalue weighted by molar-refractivity contribution is -0.123. The van der Waals surface area contributed by atoms with Gasteiger partial charge in [0.05, 0.1) is 10.6 Å². The Hall–Kier alpha value is -1.50. The average Bonchev–Trinajstić information content (AvgIpc) is 2.28. The van der Waals surface area contributed by atoms with E-state index in [1.807, 2.05) is 6.92 Å². The van der Waals surface area contributed by atoms with Gasteiger partial charge in [-0.25, -0.2) is 4.98 Å². The molecular weight excluding hydrogens is 271 g/mol. The highest BCUT2D eigenvalue weighted by Crippen LogP contribution is 2.20. The summed E-state index contributed by atoms with van der Waals surface area (Å²) in [6.45, 7) is 1.03. The Morgan fingerprint density at radius 1 is 1.50 bits per heavy atom. The van der Waals surface area contributed by atoms with E-state index in [2.05, 4.69) is 10.3 Å². The van der Waals surface area contributed by atoms with Crippen LogP contribution in [0.5, 0.6) is 0 Å². The molecule has 1 heterocycles. The van der Waals surface area contributed by atoms with Crippen molar-refractivity contribution in [2.75, 3.05) is 18.4 Å². The summed E-state index contributed by atoms with van der Waals surface area (Å²) in [5.41, 5.74) is -0.0223. The maximum absolute atomic E-state index is 11.9. The number of carbonyl (C=O) groups excluding carboxylic acids is 1. The number of halogens is 4. The van der Waals surface area contributed by atoms with Crippen molar-refractivity contribution in [1.82, 2.24) is 10.3 Å². The fourth-order valence-electron chi connectivity index (χ4n) is 1.14. The monoisotopic (exact) mass is 281 g/mol. The molecule has 100 valence electrons. The first-order chi connectivity index (χ1) is 8.33. The van der Waals surface area contributed by atoms with Crippen LogP contribution in [0.3, 0.4) is 0 Å². The van der Waals surface area contributed by atoms with Crippen molar-refractivity contribution < 1.29 is 18.0 Å². The summed E-state index contributed by atoms with van der Waals surface area (Å²) in [6, 6.07) is 1.26. The molecule has 0 saturated carbocycles. The predicted molar refractivity (Wildman–Crippen MR) is 61.8 cm³/mol. The first kappa shape index (κ1) is 14.6. The lowest BCUT2D eigenvalue weighted by Gasteiger charge is -2.09. The van der Waals surface area contributed by atoms with Crippen molar-refractivity contribution in [3.05, 3.63) is 22.8 Å². The van der Waals surface area contributed by atoms with Gasteiger partial charge < -0.3 is 10.6 Å². The molecule has 0 aliphatic heterocycles. The highest BCUT2D eigenvalue weighted by molar-refractivity contribution is 6.33. The summed E-state index contributed by atoms with van der Waals surface area (Å²) < 4.78 is 35.7. The van der Waals surface area contributed by atoms with Gasteiger partial charge in [0.1, 0.15) is 12.4 Å². The lowest BCUT2D eigenvalue weighted by atomic mass is 10.2. The SMILES string of the molecule is CCNc1ncc(C(=O)NCC(F)(F)F)cc1Cl. The van der Waals surface area contributed by atoms with Crippen LogP contribution in [0.2, 0.25) is 5.02 Å². The van der Waals surface area contributed by atoms with E-state index in [0.717, 1.165) is 6.20 Å². The lowest BCUT2D eigenvalue weighted by Crippen LogP contribution is -2.33. The fourth-order valence-corrected chi connectivity index (χ4v) is 1.38. The summed E-state index contributed by atoms with van der Waals surface area (Å²) in [4.78, 5) is 15.2. The molecule has 1 aromatic heterocycles. The van der Waals surface area contributed by atoms with Gasteiger partial charge in [0.15, 0.2) is 0 Å². The molecular formula is C10H11ClF3N3O. The molecule has 0 unspecified atom stereocenters. The molecule has 0 spiro atoms. The first-order valence-electron chi connectivity index (χ1n) is 5.08. The molecule has 8 heteroatoms. The number of rotatable bonds is 4. The molecule has 0 bridgehead atoms. The number of nitrogens with one attached hydrogen (secondary N) is 2. The quantitative estimate of drug-likeness (QED) is 0.891. The third-order valence-electron chi connectivity index (χ3n) is 1.90. The predicted octanol–water partition coefficient (Wildman–Crippen LogP) is 2.46. The standard InChI is InChI=1S/C10H11ClF3N3O/c1-2-15-8-7(11)3-6(4-16-8)9(18)17-5-10(12,13)14/h3-4H,2,5H2,1H3,(H,15,16)(H,17,18). The van der Waals surface area contributed by atoms with Gasteiger partial charge in [-0.2, -0.15) is 13.2 Å². The molecule has 0 atom stereocenters. The number of hydrogen-bond acceptors (Lipinski definition) is 3. The van der Waals surface area contributed by atoms with E-state index < -0.39 is 18.6 Å². The molecule has 18 heavy (non-hydrogen) atoms. The number of nitrogens with zero attached hydrogens (tertiary/aromatic N) is 1.